The van der Waals surface area contributed by atoms with Crippen molar-refractivity contribution in [2.75, 3.05) is 6.54 Å². The van der Waals surface area contributed by atoms with Crippen LogP contribution in [-0.2, 0) is 0 Å². The summed E-state index contributed by atoms with van der Waals surface area (Å²) in [5.74, 6) is 0. The van der Waals surface area contributed by atoms with Gasteiger partial charge in [0.05, 0.1) is 11.6 Å². The third-order valence-corrected chi connectivity index (χ3v) is 4.59. The zero-order chi connectivity index (χ0) is 13.9. The van der Waals surface area contributed by atoms with Crippen LogP contribution in [0.1, 0.15) is 49.4 Å². The van der Waals surface area contributed by atoms with Crippen LogP contribution in [0.5, 0.6) is 0 Å². The summed E-state index contributed by atoms with van der Waals surface area (Å²) >= 11 is 1.56. The van der Waals surface area contributed by atoms with Gasteiger partial charge < -0.3 is 15.7 Å². The van der Waals surface area contributed by atoms with Crippen molar-refractivity contribution in [1.82, 2.24) is 15.6 Å². The number of aromatic nitrogens is 1. The van der Waals surface area contributed by atoms with Crippen LogP contribution in [-0.4, -0.2) is 28.3 Å². The van der Waals surface area contributed by atoms with E-state index in [1.54, 1.807) is 11.3 Å². The van der Waals surface area contributed by atoms with Gasteiger partial charge >= 0.3 is 6.03 Å². The molecule has 1 saturated carbocycles. The normalized spacial score (nSPS) is 18.5. The van der Waals surface area contributed by atoms with E-state index in [0.29, 0.717) is 6.54 Å². The summed E-state index contributed by atoms with van der Waals surface area (Å²) in [5.41, 5.74) is 0.293. The molecule has 0 saturated heterocycles. The molecule has 106 valence electrons. The molecule has 0 spiro atoms. The van der Waals surface area contributed by atoms with Crippen molar-refractivity contribution < 1.29 is 9.90 Å². The van der Waals surface area contributed by atoms with Gasteiger partial charge in [0.2, 0.25) is 0 Å². The molecule has 0 aliphatic heterocycles. The smallest absolute Gasteiger partial charge is 0.315 e. The maximum absolute atomic E-state index is 11.8. The molecule has 1 aromatic heterocycles. The fourth-order valence-corrected chi connectivity index (χ4v) is 3.02. The van der Waals surface area contributed by atoms with E-state index in [9.17, 15) is 9.90 Å². The average Bonchev–Trinajstić information content (AvgIpc) is 2.77. The maximum Gasteiger partial charge on any atom is 0.315 e. The van der Waals surface area contributed by atoms with Crippen LogP contribution in [0.4, 0.5) is 4.79 Å². The van der Waals surface area contributed by atoms with Crippen LogP contribution in [0.3, 0.4) is 0 Å². The van der Waals surface area contributed by atoms with E-state index in [-0.39, 0.29) is 12.1 Å². The Morgan fingerprint density at radius 3 is 2.84 bits per heavy atom. The molecule has 0 aromatic carbocycles. The Labute approximate surface area is 117 Å². The molecule has 1 aliphatic carbocycles. The van der Waals surface area contributed by atoms with Crippen molar-refractivity contribution in [1.29, 1.82) is 0 Å². The lowest BCUT2D eigenvalue weighted by Gasteiger charge is -2.36. The van der Waals surface area contributed by atoms with Crippen LogP contribution >= 0.6 is 11.3 Å². The van der Waals surface area contributed by atoms with E-state index in [0.717, 1.165) is 36.4 Å². The summed E-state index contributed by atoms with van der Waals surface area (Å²) in [7, 11) is 0. The van der Waals surface area contributed by atoms with Crippen molar-refractivity contribution >= 4 is 17.4 Å². The predicted molar refractivity (Wildman–Crippen MR) is 75.2 cm³/mol. The molecule has 0 radical (unpaired) electrons. The van der Waals surface area contributed by atoms with Crippen molar-refractivity contribution in [2.45, 2.75) is 51.2 Å². The topological polar surface area (TPSA) is 74.2 Å². The number of nitrogens with zero attached hydrogens (tertiary/aromatic N) is 1. The Balaban J connectivity index is 1.82. The van der Waals surface area contributed by atoms with Crippen LogP contribution in [0.15, 0.2) is 5.38 Å². The van der Waals surface area contributed by atoms with Crippen LogP contribution in [0.25, 0.3) is 0 Å². The van der Waals surface area contributed by atoms with Gasteiger partial charge in [0.1, 0.15) is 5.01 Å². The molecule has 1 unspecified atom stereocenters. The SMILES string of the molecule is CCC(NC(=O)NCC1(O)CCC1)c1nc(C)cs1. The van der Waals surface area contributed by atoms with E-state index in [1.807, 2.05) is 19.2 Å². The first-order valence-electron chi connectivity index (χ1n) is 6.71. The molecule has 5 nitrogen and oxygen atoms in total. The van der Waals surface area contributed by atoms with E-state index >= 15 is 0 Å². The number of carbonyl (C=O) groups is 1. The number of amides is 2. The second-order valence-electron chi connectivity index (χ2n) is 5.19. The summed E-state index contributed by atoms with van der Waals surface area (Å²) < 4.78 is 0. The van der Waals surface area contributed by atoms with Crippen molar-refractivity contribution in [3.63, 3.8) is 0 Å². The Morgan fingerprint density at radius 1 is 1.63 bits per heavy atom. The average molecular weight is 283 g/mol. The molecule has 1 atom stereocenters. The van der Waals surface area contributed by atoms with Gasteiger partial charge in [-0.05, 0) is 32.6 Å². The Hall–Kier alpha value is -1.14. The number of hydrogen-bond acceptors (Lipinski definition) is 4. The fraction of sp³-hybridized carbons (Fsp3) is 0.692. The van der Waals surface area contributed by atoms with E-state index < -0.39 is 5.60 Å². The molecule has 1 aliphatic rings. The van der Waals surface area contributed by atoms with Gasteiger partial charge in [-0.2, -0.15) is 0 Å². The number of rotatable bonds is 5. The van der Waals surface area contributed by atoms with Gasteiger partial charge in [-0.1, -0.05) is 6.92 Å². The molecule has 2 amide bonds. The Kier molecular flexibility index (Phi) is 4.42. The molecule has 6 heteroatoms. The zero-order valence-corrected chi connectivity index (χ0v) is 12.2. The van der Waals surface area contributed by atoms with Gasteiger partial charge in [-0.25, -0.2) is 9.78 Å². The maximum atomic E-state index is 11.8. The minimum absolute atomic E-state index is 0.0604. The van der Waals surface area contributed by atoms with E-state index in [4.69, 9.17) is 0 Å². The van der Waals surface area contributed by atoms with Crippen molar-refractivity contribution in [2.24, 2.45) is 0 Å². The molecule has 1 fully saturated rings. The molecule has 2 rings (SSSR count). The second kappa shape index (κ2) is 5.88. The zero-order valence-electron chi connectivity index (χ0n) is 11.4. The molecular weight excluding hydrogens is 262 g/mol. The highest BCUT2D eigenvalue weighted by Gasteiger charge is 2.34. The van der Waals surface area contributed by atoms with Gasteiger partial charge in [0.15, 0.2) is 0 Å². The van der Waals surface area contributed by atoms with Gasteiger partial charge in [-0.15, -0.1) is 11.3 Å². The van der Waals surface area contributed by atoms with Gasteiger partial charge in [0, 0.05) is 17.6 Å². The second-order valence-corrected chi connectivity index (χ2v) is 6.08. The van der Waals surface area contributed by atoms with Crippen LogP contribution in [0.2, 0.25) is 0 Å². The first kappa shape index (κ1) is 14.3. The lowest BCUT2D eigenvalue weighted by atomic mass is 9.80. The summed E-state index contributed by atoms with van der Waals surface area (Å²) in [4.78, 5) is 16.2. The first-order valence-corrected chi connectivity index (χ1v) is 7.59. The third-order valence-electron chi connectivity index (χ3n) is 3.51. The molecular formula is C13H21N3O2S. The monoisotopic (exact) mass is 283 g/mol. The van der Waals surface area contributed by atoms with Crippen LogP contribution in [0, 0.1) is 6.92 Å². The number of nitrogens with one attached hydrogen (secondary N) is 2. The fourth-order valence-electron chi connectivity index (χ4n) is 2.09. The number of hydrogen-bond donors (Lipinski definition) is 3. The van der Waals surface area contributed by atoms with Crippen LogP contribution < -0.4 is 10.6 Å². The molecule has 3 N–H and O–H groups in total. The summed E-state index contributed by atoms with van der Waals surface area (Å²) in [6.45, 7) is 4.28. The number of urea groups is 1. The van der Waals surface area contributed by atoms with Crippen molar-refractivity contribution in [3.05, 3.63) is 16.1 Å². The Morgan fingerprint density at radius 2 is 2.37 bits per heavy atom. The molecule has 19 heavy (non-hydrogen) atoms. The lowest BCUT2D eigenvalue weighted by molar-refractivity contribution is -0.0290. The highest BCUT2D eigenvalue weighted by molar-refractivity contribution is 7.09. The van der Waals surface area contributed by atoms with Crippen molar-refractivity contribution in [3.8, 4) is 0 Å². The van der Waals surface area contributed by atoms with E-state index in [1.165, 1.54) is 0 Å². The highest BCUT2D eigenvalue weighted by Crippen LogP contribution is 2.30. The largest absolute Gasteiger partial charge is 0.388 e. The summed E-state index contributed by atoms with van der Waals surface area (Å²) in [5, 5.41) is 18.5. The number of carbonyl (C=O) groups excluding carboxylic acids is 1. The van der Waals surface area contributed by atoms with Gasteiger partial charge in [-0.3, -0.25) is 0 Å². The lowest BCUT2D eigenvalue weighted by Crippen LogP contribution is -2.50. The molecule has 0 bridgehead atoms. The number of aliphatic hydroxyl groups is 1. The number of aryl methyl sites for hydroxylation is 1. The first-order chi connectivity index (χ1) is 9.02. The number of thiazole rings is 1. The standard InChI is InChI=1S/C13H21N3O2S/c1-3-10(11-15-9(2)7-19-11)16-12(17)14-8-13(18)5-4-6-13/h7,10,18H,3-6,8H2,1-2H3,(H2,14,16,17). The summed E-state index contributed by atoms with van der Waals surface area (Å²) in [6, 6.07) is -0.297. The Bertz CT molecular complexity index is 443. The third kappa shape index (κ3) is 3.67. The quantitative estimate of drug-likeness (QED) is 0.775. The molecule has 1 heterocycles. The minimum atomic E-state index is -0.684. The highest BCUT2D eigenvalue weighted by atomic mass is 32.1. The van der Waals surface area contributed by atoms with Gasteiger partial charge in [0.25, 0.3) is 0 Å². The predicted octanol–water partition coefficient (Wildman–Crippen LogP) is 2.12. The minimum Gasteiger partial charge on any atom is -0.388 e. The van der Waals surface area contributed by atoms with E-state index in [2.05, 4.69) is 15.6 Å². The molecule has 1 aromatic rings. The summed E-state index contributed by atoms with van der Waals surface area (Å²) in [6.07, 6.45) is 3.38.